The molecule has 5 heteroatoms. The first kappa shape index (κ1) is 14.8. The van der Waals surface area contributed by atoms with Crippen LogP contribution < -0.4 is 5.32 Å². The van der Waals surface area contributed by atoms with Crippen LogP contribution in [0.5, 0.6) is 0 Å². The molecule has 23 heavy (non-hydrogen) atoms. The smallest absolute Gasteiger partial charge is 0.251 e. The van der Waals surface area contributed by atoms with Crippen molar-refractivity contribution in [3.8, 4) is 6.07 Å². The summed E-state index contributed by atoms with van der Waals surface area (Å²) < 4.78 is 2.09. The Hall–Kier alpha value is -3.13. The van der Waals surface area contributed by atoms with E-state index < -0.39 is 0 Å². The number of nitrogens with one attached hydrogen (secondary N) is 1. The molecule has 0 bridgehead atoms. The number of imidazole rings is 1. The van der Waals surface area contributed by atoms with Gasteiger partial charge in [-0.3, -0.25) is 4.79 Å². The molecule has 1 aromatic heterocycles. The van der Waals surface area contributed by atoms with E-state index in [2.05, 4.69) is 14.9 Å². The molecule has 0 aliphatic heterocycles. The highest BCUT2D eigenvalue weighted by molar-refractivity contribution is 5.94. The van der Waals surface area contributed by atoms with Crippen LogP contribution in [-0.2, 0) is 6.54 Å². The average Bonchev–Trinajstić information content (AvgIpc) is 3.02. The van der Waals surface area contributed by atoms with Crippen LogP contribution in [0.4, 0.5) is 0 Å². The Morgan fingerprint density at radius 2 is 1.96 bits per heavy atom. The minimum absolute atomic E-state index is 0.120. The van der Waals surface area contributed by atoms with E-state index in [1.54, 1.807) is 24.3 Å². The predicted molar refractivity (Wildman–Crippen MR) is 87.8 cm³/mol. The van der Waals surface area contributed by atoms with Gasteiger partial charge < -0.3 is 9.88 Å². The number of fused-ring (bicyclic) bond motifs is 1. The van der Waals surface area contributed by atoms with Gasteiger partial charge in [-0.25, -0.2) is 4.98 Å². The molecule has 3 aromatic rings. The van der Waals surface area contributed by atoms with E-state index in [1.165, 1.54) is 0 Å². The average molecular weight is 304 g/mol. The molecule has 1 heterocycles. The lowest BCUT2D eigenvalue weighted by molar-refractivity contribution is 0.0953. The van der Waals surface area contributed by atoms with Crippen molar-refractivity contribution in [1.82, 2.24) is 14.9 Å². The number of hydrogen-bond donors (Lipinski definition) is 1. The third-order valence-corrected chi connectivity index (χ3v) is 3.66. The summed E-state index contributed by atoms with van der Waals surface area (Å²) in [6.07, 6.45) is 2.65. The minimum Gasteiger partial charge on any atom is -0.352 e. The molecule has 0 saturated carbocycles. The Morgan fingerprint density at radius 1 is 1.17 bits per heavy atom. The maximum absolute atomic E-state index is 12.0. The lowest BCUT2D eigenvalue weighted by atomic mass is 10.1. The lowest BCUT2D eigenvalue weighted by Gasteiger charge is -2.07. The zero-order valence-corrected chi connectivity index (χ0v) is 12.6. The van der Waals surface area contributed by atoms with Crippen LogP contribution in [0.15, 0.2) is 54.9 Å². The van der Waals surface area contributed by atoms with Crippen molar-refractivity contribution >= 4 is 16.9 Å². The SMILES string of the molecule is N#Cc1ccc(C(=O)NCCCn2cnc3ccccc32)cc1. The monoisotopic (exact) mass is 304 g/mol. The second-order valence-electron chi connectivity index (χ2n) is 5.23. The quantitative estimate of drug-likeness (QED) is 0.737. The molecular formula is C18H16N4O. The third kappa shape index (κ3) is 3.38. The zero-order valence-electron chi connectivity index (χ0n) is 12.6. The molecular weight excluding hydrogens is 288 g/mol. The molecule has 0 saturated heterocycles. The van der Waals surface area contributed by atoms with Gasteiger partial charge in [0.25, 0.3) is 5.91 Å². The van der Waals surface area contributed by atoms with Crippen LogP contribution in [0.1, 0.15) is 22.3 Å². The fraction of sp³-hybridized carbons (Fsp3) is 0.167. The number of aryl methyl sites for hydroxylation is 1. The summed E-state index contributed by atoms with van der Waals surface area (Å²) in [5, 5.41) is 11.6. The second kappa shape index (κ2) is 6.75. The van der Waals surface area contributed by atoms with Crippen LogP contribution in [0, 0.1) is 11.3 Å². The topological polar surface area (TPSA) is 70.7 Å². The van der Waals surface area contributed by atoms with Gasteiger partial charge >= 0.3 is 0 Å². The van der Waals surface area contributed by atoms with Crippen molar-refractivity contribution in [2.45, 2.75) is 13.0 Å². The van der Waals surface area contributed by atoms with Crippen LogP contribution in [0.2, 0.25) is 0 Å². The first-order chi connectivity index (χ1) is 11.3. The number of hydrogen-bond acceptors (Lipinski definition) is 3. The number of aromatic nitrogens is 2. The zero-order chi connectivity index (χ0) is 16.1. The summed E-state index contributed by atoms with van der Waals surface area (Å²) >= 11 is 0. The van der Waals surface area contributed by atoms with Gasteiger partial charge in [0, 0.05) is 18.7 Å². The predicted octanol–water partition coefficient (Wildman–Crippen LogP) is 2.73. The first-order valence-electron chi connectivity index (χ1n) is 7.46. The molecule has 2 aromatic carbocycles. The highest BCUT2D eigenvalue weighted by Gasteiger charge is 2.05. The summed E-state index contributed by atoms with van der Waals surface area (Å²) in [4.78, 5) is 16.4. The van der Waals surface area contributed by atoms with Gasteiger partial charge in [-0.2, -0.15) is 5.26 Å². The largest absolute Gasteiger partial charge is 0.352 e. The molecule has 0 atom stereocenters. The van der Waals surface area contributed by atoms with Crippen LogP contribution in [0.3, 0.4) is 0 Å². The molecule has 0 radical (unpaired) electrons. The lowest BCUT2D eigenvalue weighted by Crippen LogP contribution is -2.25. The number of rotatable bonds is 5. The molecule has 3 rings (SSSR count). The highest BCUT2D eigenvalue weighted by atomic mass is 16.1. The molecule has 0 unspecified atom stereocenters. The summed E-state index contributed by atoms with van der Waals surface area (Å²) in [6, 6.07) is 16.6. The summed E-state index contributed by atoms with van der Waals surface area (Å²) in [5.74, 6) is -0.120. The molecule has 1 amide bonds. The number of carbonyl (C=O) groups is 1. The Labute approximate surface area is 134 Å². The Kier molecular flexibility index (Phi) is 4.34. The molecule has 0 aliphatic rings. The van der Waals surface area contributed by atoms with Gasteiger partial charge in [0.05, 0.1) is 29.0 Å². The fourth-order valence-electron chi connectivity index (χ4n) is 2.44. The molecule has 114 valence electrons. The van der Waals surface area contributed by atoms with Crippen LogP contribution in [0.25, 0.3) is 11.0 Å². The van der Waals surface area contributed by atoms with Gasteiger partial charge in [-0.1, -0.05) is 12.1 Å². The Balaban J connectivity index is 1.51. The van der Waals surface area contributed by atoms with Crippen molar-refractivity contribution in [2.75, 3.05) is 6.54 Å². The molecule has 5 nitrogen and oxygen atoms in total. The summed E-state index contributed by atoms with van der Waals surface area (Å²) in [5.41, 5.74) is 3.20. The van der Waals surface area contributed by atoms with Crippen molar-refractivity contribution in [3.05, 3.63) is 66.0 Å². The van der Waals surface area contributed by atoms with E-state index in [0.717, 1.165) is 24.0 Å². The van der Waals surface area contributed by atoms with Crippen molar-refractivity contribution in [3.63, 3.8) is 0 Å². The standard InChI is InChI=1S/C18H16N4O/c19-12-14-6-8-15(9-7-14)18(23)20-10-3-11-22-13-21-16-4-1-2-5-17(16)22/h1-2,4-9,13H,3,10-11H2,(H,20,23). The van der Waals surface area contributed by atoms with Gasteiger partial charge in [0.15, 0.2) is 0 Å². The van der Waals surface area contributed by atoms with E-state index >= 15 is 0 Å². The van der Waals surface area contributed by atoms with Crippen molar-refractivity contribution < 1.29 is 4.79 Å². The van der Waals surface area contributed by atoms with Crippen LogP contribution in [-0.4, -0.2) is 22.0 Å². The number of benzene rings is 2. The number of nitrogens with zero attached hydrogens (tertiary/aromatic N) is 3. The van der Waals surface area contributed by atoms with E-state index in [-0.39, 0.29) is 5.91 Å². The van der Waals surface area contributed by atoms with E-state index in [9.17, 15) is 4.79 Å². The van der Waals surface area contributed by atoms with Crippen molar-refractivity contribution in [2.24, 2.45) is 0 Å². The molecule has 0 aliphatic carbocycles. The third-order valence-electron chi connectivity index (χ3n) is 3.66. The summed E-state index contributed by atoms with van der Waals surface area (Å²) in [6.45, 7) is 1.39. The number of carbonyl (C=O) groups excluding carboxylic acids is 1. The number of nitriles is 1. The maximum Gasteiger partial charge on any atom is 0.251 e. The minimum atomic E-state index is -0.120. The second-order valence-corrected chi connectivity index (χ2v) is 5.23. The van der Waals surface area contributed by atoms with Crippen LogP contribution >= 0.6 is 0 Å². The van der Waals surface area contributed by atoms with E-state index in [1.807, 2.05) is 36.7 Å². The van der Waals surface area contributed by atoms with Gasteiger partial charge in [0.1, 0.15) is 0 Å². The van der Waals surface area contributed by atoms with Gasteiger partial charge in [-0.05, 0) is 42.8 Å². The number of amides is 1. The Bertz CT molecular complexity index is 859. The van der Waals surface area contributed by atoms with Gasteiger partial charge in [-0.15, -0.1) is 0 Å². The van der Waals surface area contributed by atoms with E-state index in [4.69, 9.17) is 5.26 Å². The van der Waals surface area contributed by atoms with Gasteiger partial charge in [0.2, 0.25) is 0 Å². The number of para-hydroxylation sites is 2. The Morgan fingerprint density at radius 3 is 2.74 bits per heavy atom. The maximum atomic E-state index is 12.0. The fourth-order valence-corrected chi connectivity index (χ4v) is 2.44. The summed E-state index contributed by atoms with van der Waals surface area (Å²) in [7, 11) is 0. The molecule has 0 fully saturated rings. The highest BCUT2D eigenvalue weighted by Crippen LogP contribution is 2.11. The van der Waals surface area contributed by atoms with E-state index in [0.29, 0.717) is 17.7 Å². The molecule has 1 N–H and O–H groups in total. The first-order valence-corrected chi connectivity index (χ1v) is 7.46. The van der Waals surface area contributed by atoms with Crippen molar-refractivity contribution in [1.29, 1.82) is 5.26 Å². The normalized spacial score (nSPS) is 10.4. The molecule has 0 spiro atoms.